The van der Waals surface area contributed by atoms with Gasteiger partial charge in [0, 0.05) is 13.0 Å². The summed E-state index contributed by atoms with van der Waals surface area (Å²) < 4.78 is 9.56. The summed E-state index contributed by atoms with van der Waals surface area (Å²) in [5.74, 6) is -0.0105. The van der Waals surface area contributed by atoms with Crippen LogP contribution in [-0.4, -0.2) is 23.0 Å². The monoisotopic (exact) mass is 211 g/mol. The Balaban J connectivity index is 2.52. The van der Waals surface area contributed by atoms with Gasteiger partial charge in [-0.15, -0.1) is 0 Å². The lowest BCUT2D eigenvalue weighted by molar-refractivity contribution is -0.151. The van der Waals surface area contributed by atoms with Crippen LogP contribution in [0.5, 0.6) is 0 Å². The highest BCUT2D eigenvalue weighted by Crippen LogP contribution is 2.05. The minimum Gasteiger partial charge on any atom is -0.455 e. The first-order valence-corrected chi connectivity index (χ1v) is 4.61. The van der Waals surface area contributed by atoms with Crippen molar-refractivity contribution in [2.75, 3.05) is 0 Å². The highest BCUT2D eigenvalue weighted by molar-refractivity contribution is 5.86. The minimum absolute atomic E-state index is 0.117. The van der Waals surface area contributed by atoms with Crippen LogP contribution in [0.15, 0.2) is 10.6 Å². The van der Waals surface area contributed by atoms with Gasteiger partial charge in [-0.3, -0.25) is 9.59 Å². The number of hydrogen-bond acceptors (Lipinski definition) is 5. The molecule has 0 amide bonds. The molecule has 15 heavy (non-hydrogen) atoms. The van der Waals surface area contributed by atoms with Gasteiger partial charge in [-0.05, 0) is 13.8 Å². The van der Waals surface area contributed by atoms with E-state index in [1.54, 1.807) is 13.0 Å². The maximum absolute atomic E-state index is 11.5. The molecule has 1 heterocycles. The number of Topliss-reactive ketones (excluding diaryl/α,β-unsaturated/α-hetero) is 1. The maximum atomic E-state index is 11.5. The van der Waals surface area contributed by atoms with Crippen LogP contribution in [0.2, 0.25) is 0 Å². The van der Waals surface area contributed by atoms with Crippen LogP contribution < -0.4 is 0 Å². The van der Waals surface area contributed by atoms with Crippen molar-refractivity contribution in [1.29, 1.82) is 0 Å². The van der Waals surface area contributed by atoms with Crippen LogP contribution in [0.4, 0.5) is 0 Å². The fourth-order valence-electron chi connectivity index (χ4n) is 1.14. The predicted octanol–water partition coefficient (Wildman–Crippen LogP) is 1.05. The largest absolute Gasteiger partial charge is 0.455 e. The average molecular weight is 211 g/mol. The molecule has 0 saturated carbocycles. The van der Waals surface area contributed by atoms with Crippen molar-refractivity contribution in [2.24, 2.45) is 0 Å². The number of esters is 1. The second kappa shape index (κ2) is 4.72. The van der Waals surface area contributed by atoms with Crippen LogP contribution in [0, 0.1) is 6.92 Å². The third-order valence-corrected chi connectivity index (χ3v) is 1.83. The number of aryl methyl sites for hydroxylation is 1. The first kappa shape index (κ1) is 11.4. The molecule has 0 bridgehead atoms. The van der Waals surface area contributed by atoms with Crippen LogP contribution in [0.1, 0.15) is 25.3 Å². The van der Waals surface area contributed by atoms with Crippen molar-refractivity contribution in [2.45, 2.75) is 33.3 Å². The van der Waals surface area contributed by atoms with Crippen molar-refractivity contribution in [3.05, 3.63) is 17.5 Å². The van der Waals surface area contributed by atoms with E-state index in [1.807, 2.05) is 0 Å². The van der Waals surface area contributed by atoms with Gasteiger partial charge in [0.25, 0.3) is 0 Å². The standard InChI is InChI=1S/C10H13NO4/c1-6-4-9(11-15-6)5-10(13)7(2)14-8(3)12/h4,7H,5H2,1-3H3. The molecule has 0 aliphatic carbocycles. The number of ketones is 1. The van der Waals surface area contributed by atoms with Gasteiger partial charge >= 0.3 is 5.97 Å². The predicted molar refractivity (Wildman–Crippen MR) is 51.2 cm³/mol. The molecule has 82 valence electrons. The molecule has 0 saturated heterocycles. The van der Waals surface area contributed by atoms with Crippen molar-refractivity contribution >= 4 is 11.8 Å². The van der Waals surface area contributed by atoms with E-state index in [4.69, 9.17) is 9.26 Å². The Hall–Kier alpha value is -1.65. The van der Waals surface area contributed by atoms with E-state index in [1.165, 1.54) is 13.8 Å². The second-order valence-corrected chi connectivity index (χ2v) is 3.32. The molecule has 0 aromatic carbocycles. The van der Waals surface area contributed by atoms with Crippen LogP contribution in [-0.2, 0) is 20.7 Å². The van der Waals surface area contributed by atoms with Crippen LogP contribution in [0.3, 0.4) is 0 Å². The molecule has 0 aliphatic rings. The molecule has 1 aromatic rings. The summed E-state index contributed by atoms with van der Waals surface area (Å²) in [6, 6.07) is 1.68. The third-order valence-electron chi connectivity index (χ3n) is 1.83. The fraction of sp³-hybridized carbons (Fsp3) is 0.500. The molecule has 0 spiro atoms. The van der Waals surface area contributed by atoms with Gasteiger partial charge < -0.3 is 9.26 Å². The number of nitrogens with zero attached hydrogens (tertiary/aromatic N) is 1. The molecular weight excluding hydrogens is 198 g/mol. The van der Waals surface area contributed by atoms with E-state index in [0.29, 0.717) is 11.5 Å². The topological polar surface area (TPSA) is 69.4 Å². The average Bonchev–Trinajstić information content (AvgIpc) is 2.50. The molecule has 5 nitrogen and oxygen atoms in total. The first-order chi connectivity index (χ1) is 6.99. The molecule has 5 heteroatoms. The molecule has 0 radical (unpaired) electrons. The van der Waals surface area contributed by atoms with Gasteiger partial charge in [-0.1, -0.05) is 5.16 Å². The molecule has 0 fully saturated rings. The molecule has 1 atom stereocenters. The fourth-order valence-corrected chi connectivity index (χ4v) is 1.14. The van der Waals surface area contributed by atoms with Crippen molar-refractivity contribution < 1.29 is 18.8 Å². The van der Waals surface area contributed by atoms with Crippen LogP contribution in [0.25, 0.3) is 0 Å². The number of carbonyl (C=O) groups excluding carboxylic acids is 2. The maximum Gasteiger partial charge on any atom is 0.303 e. The van der Waals surface area contributed by atoms with E-state index >= 15 is 0 Å². The van der Waals surface area contributed by atoms with E-state index in [9.17, 15) is 9.59 Å². The highest BCUT2D eigenvalue weighted by atomic mass is 16.5. The van der Waals surface area contributed by atoms with Gasteiger partial charge in [0.2, 0.25) is 0 Å². The van der Waals surface area contributed by atoms with Gasteiger partial charge in [0.1, 0.15) is 5.76 Å². The molecule has 0 aliphatic heterocycles. The van der Waals surface area contributed by atoms with Gasteiger partial charge in [0.15, 0.2) is 11.9 Å². The summed E-state index contributed by atoms with van der Waals surface area (Å²) in [4.78, 5) is 22.1. The molecule has 0 N–H and O–H groups in total. The summed E-state index contributed by atoms with van der Waals surface area (Å²) in [5.41, 5.74) is 0.552. The van der Waals surface area contributed by atoms with Crippen LogP contribution >= 0.6 is 0 Å². The van der Waals surface area contributed by atoms with Gasteiger partial charge in [-0.2, -0.15) is 0 Å². The smallest absolute Gasteiger partial charge is 0.303 e. The van der Waals surface area contributed by atoms with E-state index in [2.05, 4.69) is 5.16 Å². The quantitative estimate of drug-likeness (QED) is 0.696. The molecular formula is C10H13NO4. The normalized spacial score (nSPS) is 12.2. The van der Waals surface area contributed by atoms with E-state index < -0.39 is 12.1 Å². The summed E-state index contributed by atoms with van der Waals surface area (Å²) in [5, 5.41) is 3.68. The molecule has 1 rings (SSSR count). The summed E-state index contributed by atoms with van der Waals surface area (Å²) in [6.07, 6.45) is -0.620. The zero-order valence-corrected chi connectivity index (χ0v) is 8.94. The number of ether oxygens (including phenoxy) is 1. The zero-order valence-electron chi connectivity index (χ0n) is 8.94. The number of hydrogen-bond donors (Lipinski definition) is 0. The van der Waals surface area contributed by atoms with Gasteiger partial charge in [-0.25, -0.2) is 0 Å². The first-order valence-electron chi connectivity index (χ1n) is 4.61. The Labute approximate surface area is 87.4 Å². The Kier molecular flexibility index (Phi) is 3.60. The Morgan fingerprint density at radius 1 is 1.60 bits per heavy atom. The molecule has 1 aromatic heterocycles. The Morgan fingerprint density at radius 2 is 2.27 bits per heavy atom. The molecule has 1 unspecified atom stereocenters. The van der Waals surface area contributed by atoms with Crippen molar-refractivity contribution in [3.8, 4) is 0 Å². The van der Waals surface area contributed by atoms with Gasteiger partial charge in [0.05, 0.1) is 12.1 Å². The second-order valence-electron chi connectivity index (χ2n) is 3.32. The highest BCUT2D eigenvalue weighted by Gasteiger charge is 2.17. The minimum atomic E-state index is -0.737. The Morgan fingerprint density at radius 3 is 2.73 bits per heavy atom. The number of rotatable bonds is 4. The number of aromatic nitrogens is 1. The zero-order chi connectivity index (χ0) is 11.4. The van der Waals surface area contributed by atoms with Crippen molar-refractivity contribution in [1.82, 2.24) is 5.16 Å². The third kappa shape index (κ3) is 3.53. The summed E-state index contributed by atoms with van der Waals surface area (Å²) in [6.45, 7) is 4.55. The van der Waals surface area contributed by atoms with E-state index in [-0.39, 0.29) is 12.2 Å². The Bertz CT molecular complexity index is 369. The summed E-state index contributed by atoms with van der Waals surface area (Å²) >= 11 is 0. The lowest BCUT2D eigenvalue weighted by Crippen LogP contribution is -2.24. The number of carbonyl (C=O) groups is 2. The van der Waals surface area contributed by atoms with Crippen molar-refractivity contribution in [3.63, 3.8) is 0 Å². The van der Waals surface area contributed by atoms with E-state index in [0.717, 1.165) is 0 Å². The lowest BCUT2D eigenvalue weighted by Gasteiger charge is -2.08. The lowest BCUT2D eigenvalue weighted by atomic mass is 10.1. The SMILES string of the molecule is CC(=O)OC(C)C(=O)Cc1cc(C)on1. The summed E-state index contributed by atoms with van der Waals surface area (Å²) in [7, 11) is 0.